The van der Waals surface area contributed by atoms with Crippen LogP contribution < -0.4 is 5.73 Å². The van der Waals surface area contributed by atoms with E-state index in [9.17, 15) is 13.2 Å². The van der Waals surface area contributed by atoms with Crippen LogP contribution in [0.15, 0.2) is 16.6 Å². The molecule has 0 aromatic heterocycles. The zero-order valence-corrected chi connectivity index (χ0v) is 8.98. The van der Waals surface area contributed by atoms with Gasteiger partial charge in [0.05, 0.1) is 17.2 Å². The van der Waals surface area contributed by atoms with Crippen molar-refractivity contribution in [1.82, 2.24) is 0 Å². The van der Waals surface area contributed by atoms with Crippen LogP contribution >= 0.6 is 15.9 Å². The quantitative estimate of drug-likeness (QED) is 0.859. The summed E-state index contributed by atoms with van der Waals surface area (Å²) >= 11 is 2.97. The minimum atomic E-state index is -4.53. The molecule has 0 aliphatic heterocycles. The summed E-state index contributed by atoms with van der Waals surface area (Å²) in [6.45, 7) is 0.0768. The van der Waals surface area contributed by atoms with Gasteiger partial charge in [-0.3, -0.25) is 0 Å². The molecule has 80 valence electrons. The molecule has 15 heavy (non-hydrogen) atoms. The predicted octanol–water partition coefficient (Wildman–Crippen LogP) is 2.80. The molecule has 0 saturated heterocycles. The van der Waals surface area contributed by atoms with Gasteiger partial charge in [0.15, 0.2) is 0 Å². The molecule has 0 saturated carbocycles. The van der Waals surface area contributed by atoms with Crippen LogP contribution in [0.4, 0.5) is 13.2 Å². The second-order valence-corrected chi connectivity index (χ2v) is 3.66. The largest absolute Gasteiger partial charge is 0.417 e. The van der Waals surface area contributed by atoms with Crippen LogP contribution in [0.3, 0.4) is 0 Å². The van der Waals surface area contributed by atoms with Crippen LogP contribution in [0.2, 0.25) is 0 Å². The summed E-state index contributed by atoms with van der Waals surface area (Å²) in [5.41, 5.74) is 4.42. The molecular formula is C9H6BrF3N2. The van der Waals surface area contributed by atoms with E-state index in [0.29, 0.717) is 5.56 Å². The average molecular weight is 279 g/mol. The van der Waals surface area contributed by atoms with Crippen molar-refractivity contribution in [2.24, 2.45) is 5.73 Å². The monoisotopic (exact) mass is 278 g/mol. The highest BCUT2D eigenvalue weighted by Crippen LogP contribution is 2.34. The Bertz CT molecular complexity index is 421. The van der Waals surface area contributed by atoms with Gasteiger partial charge in [0.1, 0.15) is 0 Å². The van der Waals surface area contributed by atoms with Gasteiger partial charge < -0.3 is 5.73 Å². The molecule has 1 aromatic rings. The number of nitrogens with zero attached hydrogens (tertiary/aromatic N) is 1. The zero-order valence-electron chi connectivity index (χ0n) is 7.40. The highest BCUT2D eigenvalue weighted by Gasteiger charge is 2.34. The number of nitriles is 1. The molecule has 0 unspecified atom stereocenters. The highest BCUT2D eigenvalue weighted by atomic mass is 79.9. The lowest BCUT2D eigenvalue weighted by molar-refractivity contribution is -0.137. The second-order valence-electron chi connectivity index (χ2n) is 2.80. The third kappa shape index (κ3) is 2.49. The SMILES string of the molecule is N#Cc1cc(CN)c(Br)cc1C(F)(F)F. The van der Waals surface area contributed by atoms with E-state index in [1.54, 1.807) is 0 Å². The summed E-state index contributed by atoms with van der Waals surface area (Å²) in [7, 11) is 0. The first-order valence-corrected chi connectivity index (χ1v) is 4.69. The van der Waals surface area contributed by atoms with Crippen LogP contribution in [0.1, 0.15) is 16.7 Å². The lowest BCUT2D eigenvalue weighted by Gasteiger charge is -2.11. The Labute approximate surface area is 92.6 Å². The lowest BCUT2D eigenvalue weighted by Crippen LogP contribution is -2.09. The molecule has 1 aromatic carbocycles. The predicted molar refractivity (Wildman–Crippen MR) is 51.8 cm³/mol. The molecule has 2 nitrogen and oxygen atoms in total. The maximum absolute atomic E-state index is 12.4. The van der Waals surface area contributed by atoms with Crippen molar-refractivity contribution in [3.63, 3.8) is 0 Å². The van der Waals surface area contributed by atoms with E-state index in [4.69, 9.17) is 11.0 Å². The second kappa shape index (κ2) is 4.21. The average Bonchev–Trinajstić information content (AvgIpc) is 2.16. The fourth-order valence-electron chi connectivity index (χ4n) is 1.10. The van der Waals surface area contributed by atoms with Gasteiger partial charge in [-0.15, -0.1) is 0 Å². The molecule has 0 heterocycles. The number of rotatable bonds is 1. The molecule has 2 N–H and O–H groups in total. The Kier molecular flexibility index (Phi) is 3.37. The number of hydrogen-bond donors (Lipinski definition) is 1. The molecule has 0 amide bonds. The number of hydrogen-bond acceptors (Lipinski definition) is 2. The number of alkyl halides is 3. The van der Waals surface area contributed by atoms with Crippen LogP contribution in [0.25, 0.3) is 0 Å². The van der Waals surface area contributed by atoms with E-state index < -0.39 is 17.3 Å². The van der Waals surface area contributed by atoms with Gasteiger partial charge in [-0.2, -0.15) is 18.4 Å². The molecule has 0 aliphatic carbocycles. The van der Waals surface area contributed by atoms with Gasteiger partial charge >= 0.3 is 6.18 Å². The van der Waals surface area contributed by atoms with Crippen molar-refractivity contribution in [3.05, 3.63) is 33.3 Å². The van der Waals surface area contributed by atoms with Gasteiger partial charge in [0.2, 0.25) is 0 Å². The normalized spacial score (nSPS) is 11.2. The van der Waals surface area contributed by atoms with Gasteiger partial charge in [0, 0.05) is 11.0 Å². The summed E-state index contributed by atoms with van der Waals surface area (Å²) in [6.07, 6.45) is -4.53. The van der Waals surface area contributed by atoms with Crippen molar-refractivity contribution >= 4 is 15.9 Å². The smallest absolute Gasteiger partial charge is 0.326 e. The van der Waals surface area contributed by atoms with E-state index in [1.165, 1.54) is 6.07 Å². The van der Waals surface area contributed by atoms with Gasteiger partial charge in [-0.05, 0) is 17.7 Å². The molecule has 6 heteroatoms. The maximum Gasteiger partial charge on any atom is 0.417 e. The fraction of sp³-hybridized carbons (Fsp3) is 0.222. The van der Waals surface area contributed by atoms with E-state index in [2.05, 4.69) is 15.9 Å². The molecule has 0 bridgehead atoms. The Morgan fingerprint density at radius 2 is 2.00 bits per heavy atom. The summed E-state index contributed by atoms with van der Waals surface area (Å²) < 4.78 is 37.6. The van der Waals surface area contributed by atoms with Crippen molar-refractivity contribution in [3.8, 4) is 6.07 Å². The third-order valence-corrected chi connectivity index (χ3v) is 2.57. The lowest BCUT2D eigenvalue weighted by atomic mass is 10.0. The molecule has 0 atom stereocenters. The maximum atomic E-state index is 12.4. The van der Waals surface area contributed by atoms with Gasteiger partial charge in [-0.25, -0.2) is 0 Å². The standard InChI is InChI=1S/C9H6BrF3N2/c10-8-2-7(9(11,12)13)5(3-14)1-6(8)4-15/h1-2H,4,15H2. The molecular weight excluding hydrogens is 273 g/mol. The van der Waals surface area contributed by atoms with E-state index in [0.717, 1.165) is 12.1 Å². The highest BCUT2D eigenvalue weighted by molar-refractivity contribution is 9.10. The summed E-state index contributed by atoms with van der Waals surface area (Å²) in [5, 5.41) is 8.59. The zero-order chi connectivity index (χ0) is 11.6. The first-order valence-electron chi connectivity index (χ1n) is 3.90. The van der Waals surface area contributed by atoms with Crippen molar-refractivity contribution < 1.29 is 13.2 Å². The number of halogens is 4. The Hall–Kier alpha value is -1.06. The fourth-order valence-corrected chi connectivity index (χ4v) is 1.61. The molecule has 0 aliphatic rings. The Morgan fingerprint density at radius 3 is 2.40 bits per heavy atom. The molecule has 0 fully saturated rings. The van der Waals surface area contributed by atoms with Crippen LogP contribution in [0, 0.1) is 11.3 Å². The first-order chi connectivity index (χ1) is 6.90. The van der Waals surface area contributed by atoms with E-state index in [1.807, 2.05) is 0 Å². The minimum absolute atomic E-state index is 0.0768. The van der Waals surface area contributed by atoms with Crippen LogP contribution in [-0.2, 0) is 12.7 Å². The van der Waals surface area contributed by atoms with Crippen LogP contribution in [-0.4, -0.2) is 0 Å². The first kappa shape index (κ1) is 12.0. The van der Waals surface area contributed by atoms with Gasteiger partial charge in [-0.1, -0.05) is 15.9 Å². The topological polar surface area (TPSA) is 49.8 Å². The van der Waals surface area contributed by atoms with E-state index in [-0.39, 0.29) is 11.0 Å². The molecule has 1 rings (SSSR count). The van der Waals surface area contributed by atoms with Crippen LogP contribution in [0.5, 0.6) is 0 Å². The van der Waals surface area contributed by atoms with E-state index >= 15 is 0 Å². The Balaban J connectivity index is 3.43. The molecule has 0 radical (unpaired) electrons. The van der Waals surface area contributed by atoms with Gasteiger partial charge in [0.25, 0.3) is 0 Å². The third-order valence-electron chi connectivity index (χ3n) is 1.83. The number of benzene rings is 1. The Morgan fingerprint density at radius 1 is 1.40 bits per heavy atom. The van der Waals surface area contributed by atoms with Crippen molar-refractivity contribution in [2.45, 2.75) is 12.7 Å². The summed E-state index contributed by atoms with van der Waals surface area (Å²) in [5.74, 6) is 0. The number of nitrogens with two attached hydrogens (primary N) is 1. The summed E-state index contributed by atoms with van der Waals surface area (Å²) in [6, 6.07) is 3.53. The molecule has 0 spiro atoms. The minimum Gasteiger partial charge on any atom is -0.326 e. The van der Waals surface area contributed by atoms with Crippen molar-refractivity contribution in [1.29, 1.82) is 5.26 Å². The van der Waals surface area contributed by atoms with Crippen molar-refractivity contribution in [2.75, 3.05) is 0 Å². The summed E-state index contributed by atoms with van der Waals surface area (Å²) in [4.78, 5) is 0.